The van der Waals surface area contributed by atoms with Crippen LogP contribution in [-0.2, 0) is 10.1 Å². The van der Waals surface area contributed by atoms with Crippen molar-refractivity contribution in [3.05, 3.63) is 0 Å². The third-order valence-electron chi connectivity index (χ3n) is 5.24. The van der Waals surface area contributed by atoms with E-state index in [0.29, 0.717) is 12.3 Å². The van der Waals surface area contributed by atoms with Gasteiger partial charge < -0.3 is 0 Å². The Hall–Kier alpha value is -0.160. The Kier molecular flexibility index (Phi) is 2.74. The molecular weight excluding hydrogens is 243 g/mol. The van der Waals surface area contributed by atoms with Crippen molar-refractivity contribution in [1.82, 2.24) is 0 Å². The van der Waals surface area contributed by atoms with Gasteiger partial charge in [-0.15, -0.1) is 0 Å². The molecule has 3 atom stereocenters. The minimum absolute atomic E-state index is 0.0446. The topological polar surface area (TPSA) is 54.4 Å². The molecule has 1 N–H and O–H groups in total. The normalized spacial score (nSPS) is 45.4. The first-order valence-electron chi connectivity index (χ1n) is 6.55. The fourth-order valence-electron chi connectivity index (χ4n) is 4.48. The molecule has 3 aliphatic rings. The van der Waals surface area contributed by atoms with E-state index in [4.69, 9.17) is 4.55 Å². The van der Waals surface area contributed by atoms with E-state index >= 15 is 0 Å². The van der Waals surface area contributed by atoms with E-state index < -0.39 is 15.6 Å². The monoisotopic (exact) mass is 262 g/mol. The SMILES string of the molecule is O=S(=O)(O)C(F)CCC1CC2CC3CC(C1)C23. The van der Waals surface area contributed by atoms with Crippen LogP contribution in [-0.4, -0.2) is 18.5 Å². The lowest BCUT2D eigenvalue weighted by Crippen LogP contribution is -2.55. The maximum absolute atomic E-state index is 13.1. The van der Waals surface area contributed by atoms with Gasteiger partial charge in [0.15, 0.2) is 0 Å². The Morgan fingerprint density at radius 2 is 1.65 bits per heavy atom. The first-order chi connectivity index (χ1) is 7.95. The zero-order valence-electron chi connectivity index (χ0n) is 9.76. The molecule has 0 aromatic carbocycles. The summed E-state index contributed by atoms with van der Waals surface area (Å²) in [6.45, 7) is 0. The van der Waals surface area contributed by atoms with Gasteiger partial charge in [-0.05, 0) is 68.1 Å². The van der Waals surface area contributed by atoms with Crippen molar-refractivity contribution < 1.29 is 17.4 Å². The van der Waals surface area contributed by atoms with Gasteiger partial charge in [0.05, 0.1) is 0 Å². The van der Waals surface area contributed by atoms with E-state index in [2.05, 4.69) is 0 Å². The molecule has 3 nitrogen and oxygen atoms in total. The molecule has 0 aliphatic heterocycles. The van der Waals surface area contributed by atoms with Crippen LogP contribution in [0.1, 0.15) is 38.5 Å². The summed E-state index contributed by atoms with van der Waals surface area (Å²) in [6.07, 6.45) is 5.54. The van der Waals surface area contributed by atoms with Crippen molar-refractivity contribution in [2.24, 2.45) is 29.6 Å². The van der Waals surface area contributed by atoms with Gasteiger partial charge in [-0.2, -0.15) is 8.42 Å². The summed E-state index contributed by atoms with van der Waals surface area (Å²) in [5.41, 5.74) is -2.09. The highest BCUT2D eigenvalue weighted by Crippen LogP contribution is 2.64. The lowest BCUT2D eigenvalue weighted by Gasteiger charge is -2.63. The van der Waals surface area contributed by atoms with Crippen LogP contribution in [0.2, 0.25) is 0 Å². The van der Waals surface area contributed by atoms with Gasteiger partial charge in [0, 0.05) is 0 Å². The molecule has 0 heterocycles. The summed E-state index contributed by atoms with van der Waals surface area (Å²) in [6, 6.07) is 0. The summed E-state index contributed by atoms with van der Waals surface area (Å²) < 4.78 is 42.9. The second kappa shape index (κ2) is 3.92. The first kappa shape index (κ1) is 11.9. The standard InChI is InChI=1S/C12H19FO3S/c13-11(17(14,15)16)2-1-7-3-8-5-10-6-9(4-7)12(8)10/h7-12H,1-6H2,(H,14,15,16). The Balaban J connectivity index is 1.50. The molecule has 3 saturated carbocycles. The molecule has 0 amide bonds. The summed E-state index contributed by atoms with van der Waals surface area (Å²) >= 11 is 0. The zero-order valence-corrected chi connectivity index (χ0v) is 10.6. The van der Waals surface area contributed by atoms with Crippen LogP contribution in [0.15, 0.2) is 0 Å². The molecule has 0 radical (unpaired) electrons. The van der Waals surface area contributed by atoms with E-state index in [-0.39, 0.29) is 6.42 Å². The number of halogens is 1. The van der Waals surface area contributed by atoms with Crippen LogP contribution in [0.4, 0.5) is 4.39 Å². The lowest BCUT2D eigenvalue weighted by molar-refractivity contribution is -0.137. The van der Waals surface area contributed by atoms with Gasteiger partial charge in [0.1, 0.15) is 0 Å². The van der Waals surface area contributed by atoms with Gasteiger partial charge in [0.25, 0.3) is 10.1 Å². The van der Waals surface area contributed by atoms with E-state index in [0.717, 1.165) is 36.5 Å². The maximum Gasteiger partial charge on any atom is 0.297 e. The van der Waals surface area contributed by atoms with Crippen LogP contribution in [0, 0.1) is 29.6 Å². The third-order valence-corrected chi connectivity index (χ3v) is 6.12. The van der Waals surface area contributed by atoms with Gasteiger partial charge in [-0.3, -0.25) is 4.55 Å². The van der Waals surface area contributed by atoms with Crippen LogP contribution in [0.25, 0.3) is 0 Å². The summed E-state index contributed by atoms with van der Waals surface area (Å²) in [5, 5.41) is 0. The van der Waals surface area contributed by atoms with Crippen LogP contribution in [0.3, 0.4) is 0 Å². The fourth-order valence-corrected chi connectivity index (χ4v) is 4.91. The minimum atomic E-state index is -4.48. The Bertz CT molecular complexity index is 392. The molecular formula is C12H19FO3S. The predicted molar refractivity (Wildman–Crippen MR) is 61.6 cm³/mol. The molecule has 0 bridgehead atoms. The molecule has 3 fully saturated rings. The van der Waals surface area contributed by atoms with Gasteiger partial charge in [0.2, 0.25) is 5.50 Å². The van der Waals surface area contributed by atoms with Crippen molar-refractivity contribution in [1.29, 1.82) is 0 Å². The number of alkyl halides is 1. The number of rotatable bonds is 4. The van der Waals surface area contributed by atoms with Crippen molar-refractivity contribution in [2.75, 3.05) is 0 Å². The van der Waals surface area contributed by atoms with Crippen molar-refractivity contribution in [2.45, 2.75) is 44.0 Å². The highest BCUT2D eigenvalue weighted by Gasteiger charge is 2.56. The number of hydrogen-bond acceptors (Lipinski definition) is 2. The molecule has 3 unspecified atom stereocenters. The molecule has 5 heteroatoms. The highest BCUT2D eigenvalue weighted by atomic mass is 32.2. The van der Waals surface area contributed by atoms with E-state index in [1.807, 2.05) is 0 Å². The molecule has 0 saturated heterocycles. The molecule has 3 aliphatic carbocycles. The molecule has 3 rings (SSSR count). The third kappa shape index (κ3) is 2.01. The summed E-state index contributed by atoms with van der Waals surface area (Å²) in [5.74, 6) is 4.08. The lowest BCUT2D eigenvalue weighted by atomic mass is 9.42. The van der Waals surface area contributed by atoms with Crippen molar-refractivity contribution >= 4 is 10.1 Å². The summed E-state index contributed by atoms with van der Waals surface area (Å²) in [7, 11) is -4.48. The van der Waals surface area contributed by atoms with Crippen LogP contribution in [0.5, 0.6) is 0 Å². The zero-order chi connectivity index (χ0) is 12.2. The first-order valence-corrected chi connectivity index (χ1v) is 8.06. The van der Waals surface area contributed by atoms with Gasteiger partial charge in [-0.1, -0.05) is 0 Å². The predicted octanol–water partition coefficient (Wildman–Crippen LogP) is 2.63. The van der Waals surface area contributed by atoms with E-state index in [1.165, 1.54) is 12.8 Å². The van der Waals surface area contributed by atoms with E-state index in [9.17, 15) is 12.8 Å². The van der Waals surface area contributed by atoms with Crippen LogP contribution < -0.4 is 0 Å². The molecule has 17 heavy (non-hydrogen) atoms. The molecule has 0 aromatic heterocycles. The fraction of sp³-hybridized carbons (Fsp3) is 1.00. The van der Waals surface area contributed by atoms with Gasteiger partial charge >= 0.3 is 0 Å². The second-order valence-electron chi connectivity index (χ2n) is 6.17. The Labute approximate surface area is 102 Å². The Morgan fingerprint density at radius 1 is 1.12 bits per heavy atom. The molecule has 0 aromatic rings. The van der Waals surface area contributed by atoms with Crippen LogP contribution >= 0.6 is 0 Å². The summed E-state index contributed by atoms with van der Waals surface area (Å²) in [4.78, 5) is 0. The van der Waals surface area contributed by atoms with Crippen molar-refractivity contribution in [3.63, 3.8) is 0 Å². The maximum atomic E-state index is 13.1. The second-order valence-corrected chi connectivity index (χ2v) is 7.71. The largest absolute Gasteiger partial charge is 0.297 e. The molecule has 98 valence electrons. The Morgan fingerprint density at radius 3 is 2.12 bits per heavy atom. The average Bonchev–Trinajstić information content (AvgIpc) is 2.16. The van der Waals surface area contributed by atoms with Gasteiger partial charge in [-0.25, -0.2) is 4.39 Å². The number of hydrogen-bond donors (Lipinski definition) is 1. The van der Waals surface area contributed by atoms with E-state index in [1.54, 1.807) is 0 Å². The highest BCUT2D eigenvalue weighted by molar-refractivity contribution is 7.86. The quantitative estimate of drug-likeness (QED) is 0.792. The average molecular weight is 262 g/mol. The smallest absolute Gasteiger partial charge is 0.283 e. The minimum Gasteiger partial charge on any atom is -0.283 e. The molecule has 0 spiro atoms. The van der Waals surface area contributed by atoms with Crippen molar-refractivity contribution in [3.8, 4) is 0 Å².